The Bertz CT molecular complexity index is 493. The molecule has 0 spiro atoms. The van der Waals surface area contributed by atoms with Crippen molar-refractivity contribution in [1.29, 1.82) is 0 Å². The first-order valence-corrected chi connectivity index (χ1v) is 5.56. The van der Waals surface area contributed by atoms with Crippen LogP contribution in [0.2, 0.25) is 0 Å². The van der Waals surface area contributed by atoms with Gasteiger partial charge in [-0.1, -0.05) is 0 Å². The van der Waals surface area contributed by atoms with Gasteiger partial charge in [0.2, 0.25) is 0 Å². The minimum atomic E-state index is -1.05. The van der Waals surface area contributed by atoms with Crippen LogP contribution in [0.1, 0.15) is 10.4 Å². The van der Waals surface area contributed by atoms with Gasteiger partial charge >= 0.3 is 5.97 Å². The van der Waals surface area contributed by atoms with Crippen LogP contribution < -0.4 is 0 Å². The highest BCUT2D eigenvalue weighted by Crippen LogP contribution is 2.24. The summed E-state index contributed by atoms with van der Waals surface area (Å²) in [5.41, 5.74) is 1.24. The molecule has 2 rings (SSSR count). The monoisotopic (exact) mass is 240 g/mol. The Labute approximate surface area is 95.0 Å². The van der Waals surface area contributed by atoms with Crippen LogP contribution >= 0.6 is 11.3 Å². The van der Waals surface area contributed by atoms with Crippen LogP contribution in [0.4, 0.5) is 4.39 Å². The molecule has 16 heavy (non-hydrogen) atoms. The van der Waals surface area contributed by atoms with Crippen molar-refractivity contribution < 1.29 is 14.3 Å². The fourth-order valence-corrected chi connectivity index (χ4v) is 2.03. The van der Waals surface area contributed by atoms with Crippen molar-refractivity contribution in [3.05, 3.63) is 28.6 Å². The highest BCUT2D eigenvalue weighted by Gasteiger charge is 2.17. The van der Waals surface area contributed by atoms with Gasteiger partial charge in [0, 0.05) is 17.1 Å². The van der Waals surface area contributed by atoms with Crippen LogP contribution in [-0.4, -0.2) is 27.5 Å². The van der Waals surface area contributed by atoms with E-state index in [1.54, 1.807) is 6.07 Å². The van der Waals surface area contributed by atoms with Crippen LogP contribution in [0.15, 0.2) is 23.0 Å². The molecule has 0 atom stereocenters. The zero-order valence-corrected chi connectivity index (χ0v) is 9.08. The Morgan fingerprint density at radius 3 is 3.00 bits per heavy atom. The number of halogens is 1. The van der Waals surface area contributed by atoms with E-state index in [0.29, 0.717) is 5.69 Å². The topological polar surface area (TPSA) is 55.1 Å². The maximum absolute atomic E-state index is 12.2. The van der Waals surface area contributed by atoms with E-state index in [1.807, 2.05) is 10.8 Å². The molecular formula is C10H9FN2O2S. The molecule has 1 N–H and O–H groups in total. The number of carboxylic acids is 1. The number of hydrogen-bond acceptors (Lipinski definition) is 3. The van der Waals surface area contributed by atoms with Gasteiger partial charge in [-0.25, -0.2) is 9.18 Å². The van der Waals surface area contributed by atoms with Gasteiger partial charge in [0.25, 0.3) is 0 Å². The van der Waals surface area contributed by atoms with Gasteiger partial charge in [-0.2, -0.15) is 16.4 Å². The summed E-state index contributed by atoms with van der Waals surface area (Å²) in [6, 6.07) is 1.79. The number of hydrogen-bond donors (Lipinski definition) is 1. The fourth-order valence-electron chi connectivity index (χ4n) is 1.39. The molecule has 0 fully saturated rings. The molecule has 0 amide bonds. The predicted molar refractivity (Wildman–Crippen MR) is 58.5 cm³/mol. The summed E-state index contributed by atoms with van der Waals surface area (Å²) in [7, 11) is 0. The molecule has 4 nitrogen and oxygen atoms in total. The summed E-state index contributed by atoms with van der Waals surface area (Å²) < 4.78 is 13.5. The fraction of sp³-hybridized carbons (Fsp3) is 0.200. The van der Waals surface area contributed by atoms with Crippen molar-refractivity contribution >= 4 is 17.3 Å². The average Bonchev–Trinajstić information content (AvgIpc) is 2.83. The Hall–Kier alpha value is -1.69. The Balaban J connectivity index is 2.46. The lowest BCUT2D eigenvalue weighted by molar-refractivity contribution is 0.0697. The molecule has 6 heteroatoms. The average molecular weight is 240 g/mol. The van der Waals surface area contributed by atoms with Crippen molar-refractivity contribution in [2.75, 3.05) is 6.67 Å². The Morgan fingerprint density at radius 2 is 2.44 bits per heavy atom. The molecule has 0 saturated carbocycles. The van der Waals surface area contributed by atoms with Crippen molar-refractivity contribution in [3.63, 3.8) is 0 Å². The van der Waals surface area contributed by atoms with Gasteiger partial charge in [-0.15, -0.1) is 0 Å². The minimum Gasteiger partial charge on any atom is -0.478 e. The van der Waals surface area contributed by atoms with Gasteiger partial charge in [0.05, 0.1) is 6.54 Å². The van der Waals surface area contributed by atoms with Crippen LogP contribution in [0.5, 0.6) is 0 Å². The van der Waals surface area contributed by atoms with Crippen LogP contribution in [0, 0.1) is 0 Å². The molecular weight excluding hydrogens is 231 g/mol. The van der Waals surface area contributed by atoms with Crippen LogP contribution in [-0.2, 0) is 6.54 Å². The number of aromatic nitrogens is 2. The smallest absolute Gasteiger partial charge is 0.339 e. The Kier molecular flexibility index (Phi) is 3.00. The summed E-state index contributed by atoms with van der Waals surface area (Å²) in [5, 5.41) is 16.7. The first kappa shape index (κ1) is 10.8. The van der Waals surface area contributed by atoms with E-state index in [-0.39, 0.29) is 12.1 Å². The number of carboxylic acid groups (broad SMARTS) is 1. The second kappa shape index (κ2) is 4.44. The quantitative estimate of drug-likeness (QED) is 0.892. The van der Waals surface area contributed by atoms with Crippen molar-refractivity contribution in [3.8, 4) is 11.3 Å². The van der Waals surface area contributed by atoms with Gasteiger partial charge in [-0.05, 0) is 11.4 Å². The predicted octanol–water partition coefficient (Wildman–Crippen LogP) is 2.28. The summed E-state index contributed by atoms with van der Waals surface area (Å²) >= 11 is 1.46. The van der Waals surface area contributed by atoms with E-state index in [9.17, 15) is 9.18 Å². The normalized spacial score (nSPS) is 10.6. The number of rotatable bonds is 4. The number of aromatic carboxylic acids is 1. The minimum absolute atomic E-state index is 0.0738. The number of nitrogens with zero attached hydrogens (tertiary/aromatic N) is 2. The second-order valence-electron chi connectivity index (χ2n) is 3.16. The standard InChI is InChI=1S/C10H9FN2O2S/c11-2-3-13-5-8(10(14)15)9(12-13)7-1-4-16-6-7/h1,4-6H,2-3H2,(H,14,15). The van der Waals surface area contributed by atoms with Crippen molar-refractivity contribution in [1.82, 2.24) is 9.78 Å². The molecule has 0 unspecified atom stereocenters. The Morgan fingerprint density at radius 1 is 1.62 bits per heavy atom. The highest BCUT2D eigenvalue weighted by atomic mass is 32.1. The zero-order chi connectivity index (χ0) is 11.5. The van der Waals surface area contributed by atoms with E-state index in [4.69, 9.17) is 5.11 Å². The van der Waals surface area contributed by atoms with Gasteiger partial charge in [0.15, 0.2) is 0 Å². The number of alkyl halides is 1. The molecule has 0 aromatic carbocycles. The molecule has 0 saturated heterocycles. The lowest BCUT2D eigenvalue weighted by Crippen LogP contribution is -1.99. The molecule has 2 heterocycles. The lowest BCUT2D eigenvalue weighted by atomic mass is 10.1. The van der Waals surface area contributed by atoms with E-state index in [0.717, 1.165) is 5.56 Å². The third-order valence-corrected chi connectivity index (χ3v) is 2.78. The zero-order valence-electron chi connectivity index (χ0n) is 8.26. The van der Waals surface area contributed by atoms with Gasteiger partial charge in [0.1, 0.15) is 17.9 Å². The molecule has 0 radical (unpaired) electrons. The number of carbonyl (C=O) groups is 1. The summed E-state index contributed by atoms with van der Waals surface area (Å²) in [6.07, 6.45) is 1.36. The van der Waals surface area contributed by atoms with E-state index in [1.165, 1.54) is 22.2 Å². The first-order valence-electron chi connectivity index (χ1n) is 4.61. The molecule has 0 aliphatic rings. The molecule has 0 aliphatic carbocycles. The second-order valence-corrected chi connectivity index (χ2v) is 3.94. The third kappa shape index (κ3) is 1.96. The molecule has 0 bridgehead atoms. The first-order chi connectivity index (χ1) is 7.72. The lowest BCUT2D eigenvalue weighted by Gasteiger charge is -1.94. The molecule has 2 aromatic rings. The summed E-state index contributed by atoms with van der Waals surface area (Å²) in [4.78, 5) is 11.0. The number of aryl methyl sites for hydroxylation is 1. The van der Waals surface area contributed by atoms with Crippen molar-refractivity contribution in [2.45, 2.75) is 6.54 Å². The molecule has 2 aromatic heterocycles. The largest absolute Gasteiger partial charge is 0.478 e. The summed E-state index contributed by atoms with van der Waals surface area (Å²) in [5.74, 6) is -1.05. The summed E-state index contributed by atoms with van der Waals surface area (Å²) in [6.45, 7) is -0.492. The van der Waals surface area contributed by atoms with E-state index >= 15 is 0 Å². The van der Waals surface area contributed by atoms with Crippen LogP contribution in [0.25, 0.3) is 11.3 Å². The third-order valence-electron chi connectivity index (χ3n) is 2.10. The molecule has 0 aliphatic heterocycles. The van der Waals surface area contributed by atoms with Gasteiger partial charge in [-0.3, -0.25) is 4.68 Å². The maximum Gasteiger partial charge on any atom is 0.339 e. The van der Waals surface area contributed by atoms with Crippen LogP contribution in [0.3, 0.4) is 0 Å². The van der Waals surface area contributed by atoms with E-state index in [2.05, 4.69) is 5.10 Å². The number of thiophene rings is 1. The highest BCUT2D eigenvalue weighted by molar-refractivity contribution is 7.08. The van der Waals surface area contributed by atoms with Gasteiger partial charge < -0.3 is 5.11 Å². The molecule has 84 valence electrons. The van der Waals surface area contributed by atoms with Crippen molar-refractivity contribution in [2.24, 2.45) is 0 Å². The maximum atomic E-state index is 12.2. The SMILES string of the molecule is O=C(O)c1cn(CCF)nc1-c1ccsc1. The van der Waals surface area contributed by atoms with E-state index < -0.39 is 12.6 Å².